The van der Waals surface area contributed by atoms with Gasteiger partial charge in [0.1, 0.15) is 5.76 Å². The third-order valence-corrected chi connectivity index (χ3v) is 6.33. The number of imidazole rings is 1. The summed E-state index contributed by atoms with van der Waals surface area (Å²) in [6.45, 7) is 5.84. The first-order valence-corrected chi connectivity index (χ1v) is 11.0. The third kappa shape index (κ3) is 4.72. The molecule has 2 heterocycles. The highest BCUT2D eigenvalue weighted by molar-refractivity contribution is 7.98. The lowest BCUT2D eigenvalue weighted by atomic mass is 10.1. The Morgan fingerprint density at radius 2 is 1.94 bits per heavy atom. The van der Waals surface area contributed by atoms with E-state index >= 15 is 0 Å². The summed E-state index contributed by atoms with van der Waals surface area (Å²) in [4.78, 5) is 18.0. The van der Waals surface area contributed by atoms with Gasteiger partial charge in [-0.1, -0.05) is 29.4 Å². The van der Waals surface area contributed by atoms with Crippen molar-refractivity contribution in [2.24, 2.45) is 0 Å². The summed E-state index contributed by atoms with van der Waals surface area (Å²) in [5.74, 6) is 1.43. The van der Waals surface area contributed by atoms with Gasteiger partial charge >= 0.3 is 0 Å². The van der Waals surface area contributed by atoms with Gasteiger partial charge in [-0.2, -0.15) is 0 Å². The van der Waals surface area contributed by atoms with Crippen molar-refractivity contribution in [1.82, 2.24) is 20.0 Å². The highest BCUT2D eigenvalue weighted by Gasteiger charge is 2.16. The van der Waals surface area contributed by atoms with E-state index in [1.54, 1.807) is 24.3 Å². The number of benzene rings is 2. The Morgan fingerprint density at radius 1 is 1.16 bits per heavy atom. The number of hydrogen-bond donors (Lipinski definition) is 1. The van der Waals surface area contributed by atoms with E-state index in [1.807, 2.05) is 80.1 Å². The number of hydrogen-bond acceptors (Lipinski definition) is 5. The van der Waals surface area contributed by atoms with Crippen molar-refractivity contribution in [2.45, 2.75) is 37.5 Å². The molecule has 0 spiro atoms. The summed E-state index contributed by atoms with van der Waals surface area (Å²) >= 11 is 1.62. The molecule has 2 aromatic carbocycles. The fraction of sp³-hybridized carbons (Fsp3) is 0.208. The molecule has 0 aliphatic carbocycles. The molecule has 1 N–H and O–H groups in total. The Morgan fingerprint density at radius 3 is 2.61 bits per heavy atom. The first-order valence-electron chi connectivity index (χ1n) is 10.1. The summed E-state index contributed by atoms with van der Waals surface area (Å²) in [6, 6.07) is 15.6. The minimum Gasteiger partial charge on any atom is -0.361 e. The number of thioether (sulfide) groups is 1. The molecule has 0 bridgehead atoms. The smallest absolute Gasteiger partial charge is 0.252 e. The normalized spacial score (nSPS) is 12.0. The maximum Gasteiger partial charge on any atom is 0.252 e. The largest absolute Gasteiger partial charge is 0.361 e. The predicted octanol–water partition coefficient (Wildman–Crippen LogP) is 5.26. The van der Waals surface area contributed by atoms with E-state index in [0.29, 0.717) is 11.3 Å². The zero-order valence-electron chi connectivity index (χ0n) is 17.7. The van der Waals surface area contributed by atoms with Crippen LogP contribution in [0.4, 0.5) is 0 Å². The first-order chi connectivity index (χ1) is 15.0. The number of nitrogens with one attached hydrogen (secondary N) is 1. The van der Waals surface area contributed by atoms with Gasteiger partial charge in [-0.25, -0.2) is 4.98 Å². The molecule has 0 fully saturated rings. The lowest BCUT2D eigenvalue weighted by molar-refractivity contribution is 0.0937. The standard InChI is InChI=1S/C24H24N4O2S/c1-16(19-8-10-20(11-9-19)28-13-12-25-15-28)26-24(29)21-6-4-5-7-23(21)31-14-22-17(2)27-30-18(22)3/h4-13,15-16H,14H2,1-3H3,(H,26,29). The minimum absolute atomic E-state index is 0.0898. The van der Waals surface area contributed by atoms with E-state index in [-0.39, 0.29) is 11.9 Å². The molecule has 1 amide bonds. The molecule has 2 aromatic heterocycles. The monoisotopic (exact) mass is 432 g/mol. The number of aromatic nitrogens is 3. The fourth-order valence-corrected chi connectivity index (χ4v) is 4.55. The van der Waals surface area contributed by atoms with Gasteiger partial charge in [0.15, 0.2) is 0 Å². The topological polar surface area (TPSA) is 73.0 Å². The second-order valence-electron chi connectivity index (χ2n) is 7.34. The van der Waals surface area contributed by atoms with Gasteiger partial charge < -0.3 is 14.4 Å². The van der Waals surface area contributed by atoms with Crippen molar-refractivity contribution in [3.63, 3.8) is 0 Å². The summed E-state index contributed by atoms with van der Waals surface area (Å²) in [5.41, 5.74) is 4.70. The first kappa shape index (κ1) is 20.9. The van der Waals surface area contributed by atoms with Crippen molar-refractivity contribution >= 4 is 17.7 Å². The van der Waals surface area contributed by atoms with Gasteiger partial charge in [0.2, 0.25) is 0 Å². The van der Waals surface area contributed by atoms with Crippen molar-refractivity contribution in [1.29, 1.82) is 0 Å². The second-order valence-corrected chi connectivity index (χ2v) is 8.36. The summed E-state index contributed by atoms with van der Waals surface area (Å²) in [6.07, 6.45) is 5.41. The van der Waals surface area contributed by atoms with E-state index < -0.39 is 0 Å². The van der Waals surface area contributed by atoms with Crippen LogP contribution >= 0.6 is 11.8 Å². The second kappa shape index (κ2) is 9.22. The van der Waals surface area contributed by atoms with Crippen molar-refractivity contribution in [3.05, 3.63) is 95.4 Å². The van der Waals surface area contributed by atoms with Gasteiger partial charge in [0, 0.05) is 34.3 Å². The highest BCUT2D eigenvalue weighted by atomic mass is 32.2. The van der Waals surface area contributed by atoms with E-state index in [0.717, 1.165) is 33.2 Å². The van der Waals surface area contributed by atoms with Crippen LogP contribution in [0.25, 0.3) is 5.69 Å². The molecule has 1 atom stereocenters. The molecule has 6 nitrogen and oxygen atoms in total. The van der Waals surface area contributed by atoms with Crippen LogP contribution in [0.3, 0.4) is 0 Å². The molecule has 0 radical (unpaired) electrons. The maximum atomic E-state index is 13.0. The Kier molecular flexibility index (Phi) is 6.23. The van der Waals surface area contributed by atoms with Crippen molar-refractivity contribution in [3.8, 4) is 5.69 Å². The molecule has 4 aromatic rings. The average molecular weight is 433 g/mol. The van der Waals surface area contributed by atoms with E-state index in [9.17, 15) is 4.79 Å². The van der Waals surface area contributed by atoms with E-state index in [4.69, 9.17) is 4.52 Å². The van der Waals surface area contributed by atoms with Crippen LogP contribution in [0.2, 0.25) is 0 Å². The quantitative estimate of drug-likeness (QED) is 0.403. The number of rotatable bonds is 7. The third-order valence-electron chi connectivity index (χ3n) is 5.23. The average Bonchev–Trinajstić information content (AvgIpc) is 3.43. The minimum atomic E-state index is -0.120. The molecule has 0 saturated carbocycles. The number of amides is 1. The van der Waals surface area contributed by atoms with Gasteiger partial charge in [0.05, 0.1) is 23.6 Å². The lowest BCUT2D eigenvalue weighted by Crippen LogP contribution is -2.27. The molecule has 7 heteroatoms. The van der Waals surface area contributed by atoms with Crippen molar-refractivity contribution in [2.75, 3.05) is 0 Å². The number of nitrogens with zero attached hydrogens (tertiary/aromatic N) is 3. The molecule has 4 rings (SSSR count). The Hall–Kier alpha value is -3.32. The van der Waals surface area contributed by atoms with Crippen molar-refractivity contribution < 1.29 is 9.32 Å². The maximum absolute atomic E-state index is 13.0. The number of aryl methyl sites for hydroxylation is 2. The van der Waals surface area contributed by atoms with Gasteiger partial charge in [0.25, 0.3) is 5.91 Å². The van der Waals surface area contributed by atoms with Gasteiger partial charge in [-0.05, 0) is 50.6 Å². The SMILES string of the molecule is Cc1noc(C)c1CSc1ccccc1C(=O)NC(C)c1ccc(-n2ccnc2)cc1. The predicted molar refractivity (Wildman–Crippen MR) is 121 cm³/mol. The molecule has 158 valence electrons. The molecule has 1 unspecified atom stereocenters. The van der Waals surface area contributed by atoms with Crippen LogP contribution in [0.5, 0.6) is 0 Å². The van der Waals surface area contributed by atoms with Crippen LogP contribution in [0, 0.1) is 13.8 Å². The van der Waals surface area contributed by atoms with Crippen LogP contribution in [0.15, 0.2) is 76.7 Å². The number of carbonyl (C=O) groups is 1. The fourth-order valence-electron chi connectivity index (χ4n) is 3.34. The van der Waals surface area contributed by atoms with E-state index in [2.05, 4.69) is 15.5 Å². The van der Waals surface area contributed by atoms with E-state index in [1.165, 1.54) is 0 Å². The molecule has 0 aliphatic rings. The molecule has 0 saturated heterocycles. The highest BCUT2D eigenvalue weighted by Crippen LogP contribution is 2.29. The molecule has 31 heavy (non-hydrogen) atoms. The molecular weight excluding hydrogens is 408 g/mol. The zero-order chi connectivity index (χ0) is 21.8. The molecular formula is C24H24N4O2S. The summed E-state index contributed by atoms with van der Waals surface area (Å²) in [5, 5.41) is 7.13. The van der Waals surface area contributed by atoms with Gasteiger partial charge in [-0.3, -0.25) is 4.79 Å². The Balaban J connectivity index is 1.44. The number of carbonyl (C=O) groups excluding carboxylic acids is 1. The van der Waals surface area contributed by atoms with Crippen LogP contribution in [-0.4, -0.2) is 20.6 Å². The van der Waals surface area contributed by atoms with Crippen LogP contribution < -0.4 is 5.32 Å². The van der Waals surface area contributed by atoms with Gasteiger partial charge in [-0.15, -0.1) is 11.8 Å². The Labute approximate surface area is 185 Å². The lowest BCUT2D eigenvalue weighted by Gasteiger charge is -2.16. The van der Waals surface area contributed by atoms with Crippen LogP contribution in [-0.2, 0) is 5.75 Å². The molecule has 0 aliphatic heterocycles. The van der Waals surface area contributed by atoms with Crippen LogP contribution in [0.1, 0.15) is 45.9 Å². The Bertz CT molecular complexity index is 1150. The zero-order valence-corrected chi connectivity index (χ0v) is 18.5. The summed E-state index contributed by atoms with van der Waals surface area (Å²) in [7, 11) is 0. The summed E-state index contributed by atoms with van der Waals surface area (Å²) < 4.78 is 7.19.